The van der Waals surface area contributed by atoms with Gasteiger partial charge in [0.25, 0.3) is 0 Å². The van der Waals surface area contributed by atoms with Crippen LogP contribution in [-0.4, -0.2) is 40.3 Å². The molecular weight excluding hydrogens is 293 g/mol. The second-order valence-corrected chi connectivity index (χ2v) is 5.33. The Morgan fingerprint density at radius 2 is 2.00 bits per heavy atom. The summed E-state index contributed by atoms with van der Waals surface area (Å²) in [6, 6.07) is 2.09. The molecule has 1 saturated heterocycles. The van der Waals surface area contributed by atoms with E-state index in [1.807, 2.05) is 0 Å². The number of hydrogen-bond donors (Lipinski definition) is 2. The van der Waals surface area contributed by atoms with Crippen LogP contribution in [0.2, 0.25) is 0 Å². The maximum atomic E-state index is 12.5. The van der Waals surface area contributed by atoms with Crippen LogP contribution in [0.4, 0.5) is 13.2 Å². The Bertz CT molecular complexity index is 438. The molecule has 1 aliphatic carbocycles. The first kappa shape index (κ1) is 15.6. The van der Waals surface area contributed by atoms with Crippen molar-refractivity contribution in [3.63, 3.8) is 0 Å². The molecule has 1 atom stereocenters. The van der Waals surface area contributed by atoms with Crippen molar-refractivity contribution in [2.24, 2.45) is 0 Å². The van der Waals surface area contributed by atoms with Gasteiger partial charge in [-0.1, -0.05) is 0 Å². The van der Waals surface area contributed by atoms with Crippen LogP contribution in [0.15, 0.2) is 6.07 Å². The molecule has 2 aliphatic rings. The van der Waals surface area contributed by atoms with Crippen LogP contribution in [-0.2, 0) is 12.7 Å². The number of alkyl halides is 3. The molecule has 2 fully saturated rings. The highest BCUT2D eigenvalue weighted by Gasteiger charge is 2.37. The molecule has 2 heterocycles. The van der Waals surface area contributed by atoms with Gasteiger partial charge in [0.05, 0.1) is 0 Å². The van der Waals surface area contributed by atoms with Crippen molar-refractivity contribution in [3.05, 3.63) is 17.5 Å². The van der Waals surface area contributed by atoms with Crippen molar-refractivity contribution in [1.29, 1.82) is 0 Å². The normalized spacial score (nSPS) is 23.1. The van der Waals surface area contributed by atoms with Crippen LogP contribution in [0.1, 0.15) is 30.7 Å². The minimum Gasteiger partial charge on any atom is -0.315 e. The molecular formula is C12H18ClF3N4. The van der Waals surface area contributed by atoms with Crippen molar-refractivity contribution in [2.45, 2.75) is 44.1 Å². The molecule has 1 aliphatic heterocycles. The molecule has 0 amide bonds. The van der Waals surface area contributed by atoms with Gasteiger partial charge in [0.2, 0.25) is 0 Å². The van der Waals surface area contributed by atoms with Gasteiger partial charge in [0, 0.05) is 30.9 Å². The first-order valence-corrected chi connectivity index (χ1v) is 6.62. The van der Waals surface area contributed by atoms with Crippen LogP contribution in [0.5, 0.6) is 0 Å². The lowest BCUT2D eigenvalue weighted by molar-refractivity contribution is -0.141. The van der Waals surface area contributed by atoms with E-state index in [2.05, 4.69) is 20.4 Å². The van der Waals surface area contributed by atoms with Crippen molar-refractivity contribution < 1.29 is 13.2 Å². The molecule has 0 spiro atoms. The third kappa shape index (κ3) is 3.45. The van der Waals surface area contributed by atoms with E-state index in [9.17, 15) is 13.2 Å². The molecule has 114 valence electrons. The number of halogens is 4. The second kappa shape index (κ2) is 5.91. The number of aromatic amines is 1. The quantitative estimate of drug-likeness (QED) is 0.896. The fourth-order valence-electron chi connectivity index (χ4n) is 2.67. The first-order chi connectivity index (χ1) is 9.04. The predicted molar refractivity (Wildman–Crippen MR) is 70.7 cm³/mol. The van der Waals surface area contributed by atoms with Gasteiger partial charge in [-0.3, -0.25) is 10.00 Å². The standard InChI is InChI=1S/C12H17F3N4.ClH/c13-12(14,15)11-5-8(17-18-11)7-19(9-1-2-9)10-3-4-16-6-10;/h5,9-10,16H,1-4,6-7H2,(H,17,18);1H. The molecule has 1 aromatic heterocycles. The van der Waals surface area contributed by atoms with Crippen molar-refractivity contribution in [3.8, 4) is 0 Å². The van der Waals surface area contributed by atoms with E-state index < -0.39 is 11.9 Å². The maximum absolute atomic E-state index is 12.5. The number of nitrogens with zero attached hydrogens (tertiary/aromatic N) is 2. The Kier molecular flexibility index (Phi) is 4.61. The van der Waals surface area contributed by atoms with Crippen LogP contribution in [0, 0.1) is 0 Å². The molecule has 4 nitrogen and oxygen atoms in total. The zero-order valence-electron chi connectivity index (χ0n) is 10.9. The minimum atomic E-state index is -4.37. The van der Waals surface area contributed by atoms with E-state index in [0.29, 0.717) is 24.3 Å². The molecule has 0 aromatic carbocycles. The van der Waals surface area contributed by atoms with Crippen LogP contribution < -0.4 is 5.32 Å². The highest BCUT2D eigenvalue weighted by molar-refractivity contribution is 5.85. The Morgan fingerprint density at radius 3 is 2.50 bits per heavy atom. The van der Waals surface area contributed by atoms with Gasteiger partial charge in [-0.15, -0.1) is 12.4 Å². The smallest absolute Gasteiger partial charge is 0.315 e. The number of aromatic nitrogens is 2. The Hall–Kier alpha value is -0.790. The van der Waals surface area contributed by atoms with Gasteiger partial charge in [-0.25, -0.2) is 0 Å². The van der Waals surface area contributed by atoms with E-state index in [0.717, 1.165) is 38.4 Å². The topological polar surface area (TPSA) is 44.0 Å². The third-order valence-electron chi connectivity index (χ3n) is 3.79. The fourth-order valence-corrected chi connectivity index (χ4v) is 2.67. The fraction of sp³-hybridized carbons (Fsp3) is 0.750. The average molecular weight is 311 g/mol. The van der Waals surface area contributed by atoms with E-state index in [-0.39, 0.29) is 12.4 Å². The molecule has 2 N–H and O–H groups in total. The summed E-state index contributed by atoms with van der Waals surface area (Å²) < 4.78 is 37.5. The highest BCUT2D eigenvalue weighted by Crippen LogP contribution is 2.32. The average Bonchev–Trinajstić information content (AvgIpc) is 2.87. The Labute approximate surface area is 121 Å². The van der Waals surface area contributed by atoms with Gasteiger partial charge in [-0.2, -0.15) is 18.3 Å². The lowest BCUT2D eigenvalue weighted by Crippen LogP contribution is -2.38. The summed E-state index contributed by atoms with van der Waals surface area (Å²) in [5, 5.41) is 9.17. The molecule has 0 radical (unpaired) electrons. The van der Waals surface area contributed by atoms with Crippen molar-refractivity contribution in [1.82, 2.24) is 20.4 Å². The number of nitrogens with one attached hydrogen (secondary N) is 2. The summed E-state index contributed by atoms with van der Waals surface area (Å²) in [7, 11) is 0. The minimum absolute atomic E-state index is 0. The lowest BCUT2D eigenvalue weighted by atomic mass is 10.2. The van der Waals surface area contributed by atoms with E-state index in [1.165, 1.54) is 0 Å². The van der Waals surface area contributed by atoms with Gasteiger partial charge in [0.15, 0.2) is 5.69 Å². The van der Waals surface area contributed by atoms with Gasteiger partial charge in [-0.05, 0) is 31.9 Å². The third-order valence-corrected chi connectivity index (χ3v) is 3.79. The summed E-state index contributed by atoms with van der Waals surface area (Å²) >= 11 is 0. The Balaban J connectivity index is 0.00000147. The first-order valence-electron chi connectivity index (χ1n) is 6.62. The second-order valence-electron chi connectivity index (χ2n) is 5.33. The zero-order chi connectivity index (χ0) is 13.5. The summed E-state index contributed by atoms with van der Waals surface area (Å²) in [6.07, 6.45) is -1.00. The van der Waals surface area contributed by atoms with Crippen LogP contribution in [0.25, 0.3) is 0 Å². The van der Waals surface area contributed by atoms with Gasteiger partial charge >= 0.3 is 6.18 Å². The van der Waals surface area contributed by atoms with E-state index in [4.69, 9.17) is 0 Å². The summed E-state index contributed by atoms with van der Waals surface area (Å²) in [4.78, 5) is 2.31. The highest BCUT2D eigenvalue weighted by atomic mass is 35.5. The van der Waals surface area contributed by atoms with E-state index in [1.54, 1.807) is 0 Å². The molecule has 1 saturated carbocycles. The lowest BCUT2D eigenvalue weighted by Gasteiger charge is -2.27. The van der Waals surface area contributed by atoms with Crippen molar-refractivity contribution >= 4 is 12.4 Å². The van der Waals surface area contributed by atoms with Gasteiger partial charge < -0.3 is 5.32 Å². The Morgan fingerprint density at radius 1 is 1.25 bits per heavy atom. The zero-order valence-corrected chi connectivity index (χ0v) is 11.7. The largest absolute Gasteiger partial charge is 0.435 e. The number of H-pyrrole nitrogens is 1. The summed E-state index contributed by atoms with van der Waals surface area (Å²) in [5.74, 6) is 0. The maximum Gasteiger partial charge on any atom is 0.435 e. The van der Waals surface area contributed by atoms with Crippen LogP contribution in [0.3, 0.4) is 0 Å². The van der Waals surface area contributed by atoms with Crippen molar-refractivity contribution in [2.75, 3.05) is 13.1 Å². The molecule has 8 heteroatoms. The van der Waals surface area contributed by atoms with Crippen LogP contribution >= 0.6 is 12.4 Å². The summed E-state index contributed by atoms with van der Waals surface area (Å²) in [5.41, 5.74) is -0.283. The SMILES string of the molecule is Cl.FC(F)(F)c1cc(CN(C2CC2)C2CCNC2)[nH]n1. The van der Waals surface area contributed by atoms with Gasteiger partial charge in [0.1, 0.15) is 0 Å². The molecule has 3 rings (SSSR count). The summed E-state index contributed by atoms with van der Waals surface area (Å²) in [6.45, 7) is 2.45. The number of rotatable bonds is 4. The molecule has 20 heavy (non-hydrogen) atoms. The molecule has 0 bridgehead atoms. The van der Waals surface area contributed by atoms with E-state index >= 15 is 0 Å². The monoisotopic (exact) mass is 310 g/mol. The predicted octanol–water partition coefficient (Wildman–Crippen LogP) is 2.18. The number of hydrogen-bond acceptors (Lipinski definition) is 3. The molecule has 1 aromatic rings. The molecule has 1 unspecified atom stereocenters.